The van der Waals surface area contributed by atoms with E-state index in [1.54, 1.807) is 18.2 Å². The van der Waals surface area contributed by atoms with Crippen LogP contribution in [0.4, 0.5) is 0 Å². The van der Waals surface area contributed by atoms with Crippen molar-refractivity contribution in [1.29, 1.82) is 0 Å². The van der Waals surface area contributed by atoms with Crippen LogP contribution in [0.15, 0.2) is 22.7 Å². The Hall–Kier alpha value is -1.07. The Balaban J connectivity index is 2.95. The van der Waals surface area contributed by atoms with Crippen molar-refractivity contribution in [2.75, 3.05) is 0 Å². The van der Waals surface area contributed by atoms with Gasteiger partial charge in [-0.25, -0.2) is 0 Å². The molecule has 1 aromatic carbocycles. The van der Waals surface area contributed by atoms with E-state index in [0.29, 0.717) is 15.1 Å². The van der Waals surface area contributed by atoms with Crippen LogP contribution in [-0.2, 0) is 4.79 Å². The van der Waals surface area contributed by atoms with Gasteiger partial charge in [0.05, 0.1) is 5.56 Å². The number of amides is 2. The number of nitrogens with one attached hydrogen (secondary N) is 1. The predicted octanol–water partition coefficient (Wildman–Crippen LogP) is 2.10. The maximum atomic E-state index is 11.9. The van der Waals surface area contributed by atoms with Crippen molar-refractivity contribution in [3.8, 4) is 0 Å². The quantitative estimate of drug-likeness (QED) is 0.895. The first-order valence-electron chi connectivity index (χ1n) is 4.81. The number of carbonyl (C=O) groups excluding carboxylic acids is 2. The molecule has 0 aliphatic rings. The highest BCUT2D eigenvalue weighted by atomic mass is 79.9. The number of hydrogen-bond acceptors (Lipinski definition) is 2. The average molecular weight is 320 g/mol. The molecule has 0 bridgehead atoms. The molecular formula is C11H12BrClN2O2. The molecule has 1 rings (SSSR count). The minimum Gasteiger partial charge on any atom is -0.368 e. The van der Waals surface area contributed by atoms with Crippen LogP contribution in [0.2, 0.25) is 5.02 Å². The standard InChI is InChI=1S/C11H12BrClN2O2/c1-11(2,10(14)17)15-9(16)7-4-3-6(13)5-8(7)12/h3-5H,1-2H3,(H2,14,17)(H,15,16). The molecule has 1 aromatic rings. The Morgan fingerprint density at radius 3 is 2.47 bits per heavy atom. The van der Waals surface area contributed by atoms with Gasteiger partial charge in [-0.2, -0.15) is 0 Å². The van der Waals surface area contributed by atoms with E-state index in [9.17, 15) is 9.59 Å². The average Bonchev–Trinajstić information content (AvgIpc) is 2.15. The molecule has 4 nitrogen and oxygen atoms in total. The van der Waals surface area contributed by atoms with Crippen molar-refractivity contribution in [1.82, 2.24) is 5.32 Å². The lowest BCUT2D eigenvalue weighted by molar-refractivity contribution is -0.122. The first-order chi connectivity index (χ1) is 7.74. The van der Waals surface area contributed by atoms with Crippen LogP contribution < -0.4 is 11.1 Å². The highest BCUT2D eigenvalue weighted by Crippen LogP contribution is 2.22. The summed E-state index contributed by atoms with van der Waals surface area (Å²) in [7, 11) is 0. The second-order valence-electron chi connectivity index (χ2n) is 4.07. The predicted molar refractivity (Wildman–Crippen MR) is 69.9 cm³/mol. The molecule has 0 heterocycles. The van der Waals surface area contributed by atoms with Gasteiger partial charge in [0.15, 0.2) is 0 Å². The van der Waals surface area contributed by atoms with Crippen LogP contribution in [0, 0.1) is 0 Å². The van der Waals surface area contributed by atoms with E-state index >= 15 is 0 Å². The molecule has 0 unspecified atom stereocenters. The summed E-state index contributed by atoms with van der Waals surface area (Å²) >= 11 is 9.00. The second kappa shape index (κ2) is 5.06. The van der Waals surface area contributed by atoms with Gasteiger partial charge in [-0.3, -0.25) is 9.59 Å². The van der Waals surface area contributed by atoms with Gasteiger partial charge in [0.25, 0.3) is 5.91 Å². The largest absolute Gasteiger partial charge is 0.368 e. The van der Waals surface area contributed by atoms with Gasteiger partial charge in [0.1, 0.15) is 5.54 Å². The number of halogens is 2. The third kappa shape index (κ3) is 3.44. The topological polar surface area (TPSA) is 72.2 Å². The third-order valence-electron chi connectivity index (χ3n) is 2.22. The van der Waals surface area contributed by atoms with Crippen LogP contribution in [0.5, 0.6) is 0 Å². The molecule has 0 aromatic heterocycles. The van der Waals surface area contributed by atoms with E-state index in [0.717, 1.165) is 0 Å². The first kappa shape index (κ1) is 14.0. The van der Waals surface area contributed by atoms with E-state index in [4.69, 9.17) is 17.3 Å². The second-order valence-corrected chi connectivity index (χ2v) is 5.36. The van der Waals surface area contributed by atoms with E-state index in [1.807, 2.05) is 0 Å². The zero-order valence-electron chi connectivity index (χ0n) is 9.38. The van der Waals surface area contributed by atoms with E-state index in [1.165, 1.54) is 13.8 Å². The molecule has 0 aliphatic carbocycles. The third-order valence-corrected chi connectivity index (χ3v) is 3.11. The van der Waals surface area contributed by atoms with Crippen LogP contribution in [-0.4, -0.2) is 17.4 Å². The van der Waals surface area contributed by atoms with Crippen molar-refractivity contribution in [2.45, 2.75) is 19.4 Å². The molecule has 3 N–H and O–H groups in total. The van der Waals surface area contributed by atoms with Crippen LogP contribution in [0.1, 0.15) is 24.2 Å². The molecule has 0 radical (unpaired) electrons. The Morgan fingerprint density at radius 2 is 2.00 bits per heavy atom. The van der Waals surface area contributed by atoms with Crippen LogP contribution in [0.25, 0.3) is 0 Å². The molecule has 0 atom stereocenters. The fourth-order valence-electron chi connectivity index (χ4n) is 1.09. The maximum absolute atomic E-state index is 11.9. The molecule has 92 valence electrons. The number of benzene rings is 1. The molecule has 2 amide bonds. The molecule has 17 heavy (non-hydrogen) atoms. The lowest BCUT2D eigenvalue weighted by atomic mass is 10.0. The van der Waals surface area contributed by atoms with Gasteiger partial charge >= 0.3 is 0 Å². The van der Waals surface area contributed by atoms with Crippen LogP contribution in [0.3, 0.4) is 0 Å². The van der Waals surface area contributed by atoms with Gasteiger partial charge in [0.2, 0.25) is 5.91 Å². The van der Waals surface area contributed by atoms with Crippen molar-refractivity contribution in [3.05, 3.63) is 33.3 Å². The van der Waals surface area contributed by atoms with Crippen molar-refractivity contribution < 1.29 is 9.59 Å². The van der Waals surface area contributed by atoms with Gasteiger partial charge in [-0.1, -0.05) is 11.6 Å². The maximum Gasteiger partial charge on any atom is 0.253 e. The Bertz CT molecular complexity index is 475. The molecule has 0 aliphatic heterocycles. The minimum absolute atomic E-state index is 0.391. The summed E-state index contributed by atoms with van der Waals surface area (Å²) in [5.41, 5.74) is 4.46. The lowest BCUT2D eigenvalue weighted by Crippen LogP contribution is -2.53. The summed E-state index contributed by atoms with van der Waals surface area (Å²) in [5.74, 6) is -0.992. The number of nitrogens with two attached hydrogens (primary N) is 1. The highest BCUT2D eigenvalue weighted by Gasteiger charge is 2.27. The molecular weight excluding hydrogens is 307 g/mol. The molecule has 0 saturated heterocycles. The number of carbonyl (C=O) groups is 2. The fourth-order valence-corrected chi connectivity index (χ4v) is 1.95. The van der Waals surface area contributed by atoms with Gasteiger partial charge in [0, 0.05) is 9.50 Å². The molecule has 6 heteroatoms. The zero-order chi connectivity index (χ0) is 13.2. The van der Waals surface area contributed by atoms with Crippen LogP contribution >= 0.6 is 27.5 Å². The summed E-state index contributed by atoms with van der Waals surface area (Å²) in [5, 5.41) is 3.06. The van der Waals surface area contributed by atoms with E-state index < -0.39 is 17.4 Å². The number of rotatable bonds is 3. The number of primary amides is 1. The Labute approximate surface area is 113 Å². The lowest BCUT2D eigenvalue weighted by Gasteiger charge is -2.22. The molecule has 0 spiro atoms. The van der Waals surface area contributed by atoms with Gasteiger partial charge in [-0.05, 0) is 48.0 Å². The smallest absolute Gasteiger partial charge is 0.253 e. The number of hydrogen-bond donors (Lipinski definition) is 2. The summed E-state index contributed by atoms with van der Waals surface area (Å²) in [6.07, 6.45) is 0. The minimum atomic E-state index is -1.10. The zero-order valence-corrected chi connectivity index (χ0v) is 11.7. The summed E-state index contributed by atoms with van der Waals surface area (Å²) in [4.78, 5) is 23.0. The fraction of sp³-hybridized carbons (Fsp3) is 0.273. The monoisotopic (exact) mass is 318 g/mol. The van der Waals surface area contributed by atoms with Crippen molar-refractivity contribution in [2.24, 2.45) is 5.73 Å². The molecule has 0 saturated carbocycles. The Kier molecular flexibility index (Phi) is 4.16. The van der Waals surface area contributed by atoms with Gasteiger partial charge in [-0.15, -0.1) is 0 Å². The van der Waals surface area contributed by atoms with Crippen molar-refractivity contribution >= 4 is 39.3 Å². The SMILES string of the molecule is CC(C)(NC(=O)c1ccc(Cl)cc1Br)C(N)=O. The first-order valence-corrected chi connectivity index (χ1v) is 5.98. The normalized spacial score (nSPS) is 11.1. The van der Waals surface area contributed by atoms with Crippen molar-refractivity contribution in [3.63, 3.8) is 0 Å². The van der Waals surface area contributed by atoms with E-state index in [2.05, 4.69) is 21.2 Å². The Morgan fingerprint density at radius 1 is 1.41 bits per heavy atom. The highest BCUT2D eigenvalue weighted by molar-refractivity contribution is 9.10. The summed E-state index contributed by atoms with van der Waals surface area (Å²) < 4.78 is 0.558. The van der Waals surface area contributed by atoms with Gasteiger partial charge < -0.3 is 11.1 Å². The van der Waals surface area contributed by atoms with E-state index in [-0.39, 0.29) is 0 Å². The molecule has 0 fully saturated rings. The summed E-state index contributed by atoms with van der Waals surface area (Å²) in [6, 6.07) is 4.77. The summed E-state index contributed by atoms with van der Waals surface area (Å²) in [6.45, 7) is 3.08.